The molecule has 0 aliphatic heterocycles. The molecule has 0 aliphatic rings. The van der Waals surface area contributed by atoms with Crippen LogP contribution in [0.4, 0.5) is 0 Å². The molecule has 0 aliphatic carbocycles. The second-order valence-electron chi connectivity index (χ2n) is 4.57. The summed E-state index contributed by atoms with van der Waals surface area (Å²) in [6.45, 7) is 2.04. The molecule has 1 aromatic carbocycles. The van der Waals surface area contributed by atoms with Gasteiger partial charge in [-0.1, -0.05) is 23.7 Å². The molecule has 0 bridgehead atoms. The first-order chi connectivity index (χ1) is 9.49. The molecular formula is C14H21ClN2O3. The highest BCUT2D eigenvalue weighted by Crippen LogP contribution is 2.22. The predicted octanol–water partition coefficient (Wildman–Crippen LogP) is 1.51. The van der Waals surface area contributed by atoms with Crippen LogP contribution < -0.4 is 11.1 Å². The summed E-state index contributed by atoms with van der Waals surface area (Å²) in [7, 11) is 3.10. The van der Waals surface area contributed by atoms with E-state index in [0.29, 0.717) is 5.02 Å². The van der Waals surface area contributed by atoms with Crippen molar-refractivity contribution in [3.8, 4) is 0 Å². The molecule has 1 amide bonds. The Balaban J connectivity index is 2.70. The van der Waals surface area contributed by atoms with Crippen molar-refractivity contribution in [3.05, 3.63) is 34.9 Å². The second kappa shape index (κ2) is 8.21. The molecule has 0 aromatic heterocycles. The summed E-state index contributed by atoms with van der Waals surface area (Å²) in [4.78, 5) is 11.9. The fraction of sp³-hybridized carbons (Fsp3) is 0.500. The molecule has 0 saturated carbocycles. The Morgan fingerprint density at radius 1 is 1.35 bits per heavy atom. The smallest absolute Gasteiger partial charge is 0.239 e. The van der Waals surface area contributed by atoms with E-state index in [2.05, 4.69) is 5.32 Å². The maximum absolute atomic E-state index is 11.9. The van der Waals surface area contributed by atoms with Crippen molar-refractivity contribution in [2.45, 2.75) is 25.1 Å². The van der Waals surface area contributed by atoms with Crippen LogP contribution in [0, 0.1) is 0 Å². The zero-order chi connectivity index (χ0) is 15.1. The van der Waals surface area contributed by atoms with E-state index in [1.165, 1.54) is 7.11 Å². The van der Waals surface area contributed by atoms with Crippen LogP contribution in [0.15, 0.2) is 24.3 Å². The van der Waals surface area contributed by atoms with E-state index in [0.717, 1.165) is 5.56 Å². The molecule has 0 saturated heterocycles. The average molecular weight is 301 g/mol. The normalized spacial score (nSPS) is 15.4. The third-order valence-corrected chi connectivity index (χ3v) is 3.21. The summed E-state index contributed by atoms with van der Waals surface area (Å²) in [5.74, 6) is -0.268. The SMILES string of the molecule is COCC(N)C(=O)NC(C)C(OC)c1ccc(Cl)cc1. The number of ether oxygens (including phenoxy) is 2. The minimum atomic E-state index is -0.690. The topological polar surface area (TPSA) is 73.6 Å². The molecule has 3 unspecified atom stereocenters. The van der Waals surface area contributed by atoms with E-state index in [9.17, 15) is 4.79 Å². The molecule has 6 heteroatoms. The van der Waals surface area contributed by atoms with Crippen LogP contribution in [0.25, 0.3) is 0 Å². The van der Waals surface area contributed by atoms with Crippen LogP contribution in [-0.2, 0) is 14.3 Å². The minimum Gasteiger partial charge on any atom is -0.383 e. The van der Waals surface area contributed by atoms with Crippen molar-refractivity contribution in [1.29, 1.82) is 0 Å². The van der Waals surface area contributed by atoms with E-state index in [1.54, 1.807) is 19.2 Å². The predicted molar refractivity (Wildman–Crippen MR) is 78.7 cm³/mol. The number of methoxy groups -OCH3 is 2. The first-order valence-corrected chi connectivity index (χ1v) is 6.70. The molecule has 0 spiro atoms. The zero-order valence-corrected chi connectivity index (χ0v) is 12.7. The molecule has 20 heavy (non-hydrogen) atoms. The van der Waals surface area contributed by atoms with E-state index < -0.39 is 6.04 Å². The van der Waals surface area contributed by atoms with Crippen LogP contribution in [0.3, 0.4) is 0 Å². The summed E-state index contributed by atoms with van der Waals surface area (Å²) in [6.07, 6.45) is -0.272. The van der Waals surface area contributed by atoms with Crippen molar-refractivity contribution in [3.63, 3.8) is 0 Å². The lowest BCUT2D eigenvalue weighted by Gasteiger charge is -2.25. The first-order valence-electron chi connectivity index (χ1n) is 6.32. The Kier molecular flexibility index (Phi) is 6.95. The number of nitrogens with two attached hydrogens (primary N) is 1. The fourth-order valence-electron chi connectivity index (χ4n) is 1.94. The highest BCUT2D eigenvalue weighted by Gasteiger charge is 2.23. The zero-order valence-electron chi connectivity index (χ0n) is 11.9. The lowest BCUT2D eigenvalue weighted by atomic mass is 10.0. The van der Waals surface area contributed by atoms with Crippen LogP contribution in [0.1, 0.15) is 18.6 Å². The number of nitrogens with one attached hydrogen (secondary N) is 1. The Labute approximate surface area is 124 Å². The quantitative estimate of drug-likeness (QED) is 0.800. The van der Waals surface area contributed by atoms with Crippen molar-refractivity contribution >= 4 is 17.5 Å². The molecular weight excluding hydrogens is 280 g/mol. The number of benzene rings is 1. The number of amides is 1. The molecule has 1 rings (SSSR count). The number of carbonyl (C=O) groups excluding carboxylic acids is 1. The van der Waals surface area contributed by atoms with Crippen LogP contribution >= 0.6 is 11.6 Å². The van der Waals surface area contributed by atoms with Gasteiger partial charge in [-0.05, 0) is 24.6 Å². The van der Waals surface area contributed by atoms with Gasteiger partial charge in [0.2, 0.25) is 5.91 Å². The van der Waals surface area contributed by atoms with Crippen molar-refractivity contribution in [2.24, 2.45) is 5.73 Å². The molecule has 3 atom stereocenters. The van der Waals surface area contributed by atoms with E-state index in [1.807, 2.05) is 19.1 Å². The average Bonchev–Trinajstić information content (AvgIpc) is 2.42. The first kappa shape index (κ1) is 16.9. The summed E-state index contributed by atoms with van der Waals surface area (Å²) in [6, 6.07) is 6.40. The van der Waals surface area contributed by atoms with Gasteiger partial charge in [0.25, 0.3) is 0 Å². The monoisotopic (exact) mass is 300 g/mol. The third-order valence-electron chi connectivity index (χ3n) is 2.96. The van der Waals surface area contributed by atoms with E-state index >= 15 is 0 Å². The molecule has 0 radical (unpaired) electrons. The summed E-state index contributed by atoms with van der Waals surface area (Å²) in [5, 5.41) is 3.48. The summed E-state index contributed by atoms with van der Waals surface area (Å²) in [5.41, 5.74) is 6.62. The third kappa shape index (κ3) is 4.76. The largest absolute Gasteiger partial charge is 0.383 e. The Hall–Kier alpha value is -1.14. The molecule has 0 fully saturated rings. The van der Waals surface area contributed by atoms with Crippen molar-refractivity contribution in [2.75, 3.05) is 20.8 Å². The molecule has 5 nitrogen and oxygen atoms in total. The fourth-order valence-corrected chi connectivity index (χ4v) is 2.07. The molecule has 112 valence electrons. The molecule has 1 aromatic rings. The summed E-state index contributed by atoms with van der Waals surface area (Å²) < 4.78 is 10.3. The van der Waals surface area contributed by atoms with Gasteiger partial charge in [0.15, 0.2) is 0 Å². The maximum atomic E-state index is 11.9. The van der Waals surface area contributed by atoms with Gasteiger partial charge in [-0.15, -0.1) is 0 Å². The maximum Gasteiger partial charge on any atom is 0.239 e. The van der Waals surface area contributed by atoms with E-state index in [-0.39, 0.29) is 24.7 Å². The Morgan fingerprint density at radius 3 is 2.45 bits per heavy atom. The number of hydrogen-bond acceptors (Lipinski definition) is 4. The van der Waals surface area contributed by atoms with Gasteiger partial charge in [-0.3, -0.25) is 4.79 Å². The molecule has 0 heterocycles. The van der Waals surface area contributed by atoms with Gasteiger partial charge in [-0.2, -0.15) is 0 Å². The highest BCUT2D eigenvalue weighted by atomic mass is 35.5. The van der Waals surface area contributed by atoms with Crippen molar-refractivity contribution in [1.82, 2.24) is 5.32 Å². The second-order valence-corrected chi connectivity index (χ2v) is 5.00. The van der Waals surface area contributed by atoms with Gasteiger partial charge in [0, 0.05) is 19.2 Å². The molecule has 3 N–H and O–H groups in total. The van der Waals surface area contributed by atoms with Crippen LogP contribution in [-0.4, -0.2) is 38.8 Å². The van der Waals surface area contributed by atoms with Gasteiger partial charge < -0.3 is 20.5 Å². The summed E-state index contributed by atoms with van der Waals surface area (Å²) >= 11 is 5.86. The number of rotatable bonds is 7. The minimum absolute atomic E-state index is 0.178. The van der Waals surface area contributed by atoms with Crippen LogP contribution in [0.5, 0.6) is 0 Å². The Bertz CT molecular complexity index is 425. The van der Waals surface area contributed by atoms with Crippen LogP contribution in [0.2, 0.25) is 5.02 Å². The highest BCUT2D eigenvalue weighted by molar-refractivity contribution is 6.30. The van der Waals surface area contributed by atoms with Gasteiger partial charge in [0.05, 0.1) is 12.6 Å². The number of hydrogen-bond donors (Lipinski definition) is 2. The number of halogens is 1. The van der Waals surface area contributed by atoms with Gasteiger partial charge in [-0.25, -0.2) is 0 Å². The number of carbonyl (C=O) groups is 1. The van der Waals surface area contributed by atoms with Gasteiger partial charge >= 0.3 is 0 Å². The lowest BCUT2D eigenvalue weighted by molar-refractivity contribution is -0.125. The lowest BCUT2D eigenvalue weighted by Crippen LogP contribution is -2.48. The van der Waals surface area contributed by atoms with Crippen molar-refractivity contribution < 1.29 is 14.3 Å². The Morgan fingerprint density at radius 2 is 1.95 bits per heavy atom. The standard InChI is InChI=1S/C14H21ClN2O3/c1-9(17-14(18)12(16)8-19-2)13(20-3)10-4-6-11(15)7-5-10/h4-7,9,12-13H,8,16H2,1-3H3,(H,17,18). The van der Waals surface area contributed by atoms with Gasteiger partial charge in [0.1, 0.15) is 12.1 Å². The van der Waals surface area contributed by atoms with E-state index in [4.69, 9.17) is 26.8 Å².